The molecule has 3 rings (SSSR count). The van der Waals surface area contributed by atoms with E-state index in [1.54, 1.807) is 0 Å². The zero-order valence-electron chi connectivity index (χ0n) is 11.1. The molecule has 3 fully saturated rings. The van der Waals surface area contributed by atoms with E-state index in [1.807, 2.05) is 4.90 Å². The highest BCUT2D eigenvalue weighted by Gasteiger charge is 2.42. The molecule has 5 nitrogen and oxygen atoms in total. The van der Waals surface area contributed by atoms with Gasteiger partial charge in [-0.1, -0.05) is 6.42 Å². The van der Waals surface area contributed by atoms with Crippen LogP contribution in [0, 0.1) is 11.8 Å². The van der Waals surface area contributed by atoms with Crippen LogP contribution in [0.15, 0.2) is 0 Å². The third kappa shape index (κ3) is 3.05. The molecule has 1 amide bonds. The van der Waals surface area contributed by atoms with Crippen LogP contribution in [0.25, 0.3) is 0 Å². The smallest absolute Gasteiger partial charge is 0.254 e. The molecule has 4 unspecified atom stereocenters. The van der Waals surface area contributed by atoms with Crippen molar-refractivity contribution in [2.75, 3.05) is 32.9 Å². The fourth-order valence-electron chi connectivity index (χ4n) is 3.53. The summed E-state index contributed by atoms with van der Waals surface area (Å²) in [4.78, 5) is 14.3. The summed E-state index contributed by atoms with van der Waals surface area (Å²) in [5.74, 6) is 1.19. The third-order valence-corrected chi connectivity index (χ3v) is 4.56. The Bertz CT molecular complexity index is 323. The number of halogens is 1. The Morgan fingerprint density at radius 3 is 2.74 bits per heavy atom. The summed E-state index contributed by atoms with van der Waals surface area (Å²) in [6.45, 7) is 3.19. The van der Waals surface area contributed by atoms with Crippen LogP contribution in [0.4, 0.5) is 0 Å². The van der Waals surface area contributed by atoms with E-state index in [9.17, 15) is 4.79 Å². The average Bonchev–Trinajstić information content (AvgIpc) is 2.84. The minimum Gasteiger partial charge on any atom is -0.376 e. The lowest BCUT2D eigenvalue weighted by Gasteiger charge is -2.29. The number of hydrogen-bond acceptors (Lipinski definition) is 4. The Morgan fingerprint density at radius 2 is 2.05 bits per heavy atom. The number of hydrogen-bond donors (Lipinski definition) is 1. The van der Waals surface area contributed by atoms with E-state index in [4.69, 9.17) is 15.2 Å². The molecule has 0 aromatic rings. The van der Waals surface area contributed by atoms with Crippen LogP contribution >= 0.6 is 12.4 Å². The minimum absolute atomic E-state index is 0. The van der Waals surface area contributed by atoms with Crippen LogP contribution in [0.5, 0.6) is 0 Å². The van der Waals surface area contributed by atoms with Crippen LogP contribution in [0.1, 0.15) is 19.3 Å². The lowest BCUT2D eigenvalue weighted by molar-refractivity contribution is -0.157. The highest BCUT2D eigenvalue weighted by molar-refractivity contribution is 5.85. The van der Waals surface area contributed by atoms with Gasteiger partial charge in [0.05, 0.1) is 19.8 Å². The summed E-state index contributed by atoms with van der Waals surface area (Å²) in [7, 11) is 0. The van der Waals surface area contributed by atoms with Crippen molar-refractivity contribution in [3.05, 3.63) is 0 Å². The quantitative estimate of drug-likeness (QED) is 0.760. The predicted molar refractivity (Wildman–Crippen MR) is 73.2 cm³/mol. The van der Waals surface area contributed by atoms with Crippen molar-refractivity contribution in [1.82, 2.24) is 4.90 Å². The lowest BCUT2D eigenvalue weighted by atomic mass is 9.78. The van der Waals surface area contributed by atoms with Gasteiger partial charge in [0.2, 0.25) is 0 Å². The topological polar surface area (TPSA) is 64.8 Å². The molecule has 2 saturated heterocycles. The number of nitrogens with zero attached hydrogens (tertiary/aromatic N) is 1. The molecule has 0 aromatic heterocycles. The zero-order valence-corrected chi connectivity index (χ0v) is 11.9. The summed E-state index contributed by atoms with van der Waals surface area (Å²) in [6.07, 6.45) is 3.12. The van der Waals surface area contributed by atoms with Crippen molar-refractivity contribution in [1.29, 1.82) is 0 Å². The Labute approximate surface area is 120 Å². The number of carbonyl (C=O) groups excluding carboxylic acids is 1. The van der Waals surface area contributed by atoms with Gasteiger partial charge in [-0.05, 0) is 24.7 Å². The highest BCUT2D eigenvalue weighted by Crippen LogP contribution is 2.35. The third-order valence-electron chi connectivity index (χ3n) is 4.56. The first-order valence-electron chi connectivity index (χ1n) is 6.99. The summed E-state index contributed by atoms with van der Waals surface area (Å²) in [5.41, 5.74) is 6.17. The molecule has 0 bridgehead atoms. The van der Waals surface area contributed by atoms with E-state index in [0.29, 0.717) is 31.7 Å². The number of fused-ring (bicyclic) bond motifs is 1. The van der Waals surface area contributed by atoms with Gasteiger partial charge >= 0.3 is 0 Å². The Hall–Kier alpha value is -0.360. The fraction of sp³-hybridized carbons (Fsp3) is 0.923. The van der Waals surface area contributed by atoms with Gasteiger partial charge in [-0.15, -0.1) is 12.4 Å². The maximum atomic E-state index is 12.3. The molecular formula is C13H23ClN2O3. The Morgan fingerprint density at radius 1 is 1.21 bits per heavy atom. The van der Waals surface area contributed by atoms with E-state index in [1.165, 1.54) is 12.8 Å². The zero-order chi connectivity index (χ0) is 12.5. The number of ether oxygens (including phenoxy) is 2. The van der Waals surface area contributed by atoms with Crippen LogP contribution in [0.3, 0.4) is 0 Å². The molecule has 1 saturated carbocycles. The van der Waals surface area contributed by atoms with Crippen LogP contribution in [-0.4, -0.2) is 55.9 Å². The number of rotatable bonds is 1. The van der Waals surface area contributed by atoms with Crippen molar-refractivity contribution in [3.8, 4) is 0 Å². The van der Waals surface area contributed by atoms with Gasteiger partial charge in [0.25, 0.3) is 5.91 Å². The second kappa shape index (κ2) is 6.39. The maximum Gasteiger partial charge on any atom is 0.254 e. The lowest BCUT2D eigenvalue weighted by Crippen LogP contribution is -2.45. The number of amides is 1. The van der Waals surface area contributed by atoms with Gasteiger partial charge in [0.1, 0.15) is 0 Å². The largest absolute Gasteiger partial charge is 0.376 e. The van der Waals surface area contributed by atoms with E-state index >= 15 is 0 Å². The van der Waals surface area contributed by atoms with Gasteiger partial charge in [0.15, 0.2) is 6.10 Å². The first-order valence-corrected chi connectivity index (χ1v) is 6.99. The Kier molecular flexibility index (Phi) is 5.06. The second-order valence-electron chi connectivity index (χ2n) is 5.70. The SMILES string of the molecule is Cl.NC1CCCC2CN(C(=O)C3COCCO3)CC12. The van der Waals surface area contributed by atoms with Crippen molar-refractivity contribution in [3.63, 3.8) is 0 Å². The second-order valence-corrected chi connectivity index (χ2v) is 5.70. The first kappa shape index (κ1) is 15.0. The summed E-state index contributed by atoms with van der Waals surface area (Å²) in [6, 6.07) is 0.269. The molecule has 6 heteroatoms. The molecule has 0 aromatic carbocycles. The molecular weight excluding hydrogens is 268 g/mol. The molecule has 19 heavy (non-hydrogen) atoms. The van der Waals surface area contributed by atoms with E-state index in [2.05, 4.69) is 0 Å². The van der Waals surface area contributed by atoms with Crippen LogP contribution in [0.2, 0.25) is 0 Å². The van der Waals surface area contributed by atoms with E-state index in [0.717, 1.165) is 19.5 Å². The molecule has 2 aliphatic heterocycles. The number of nitrogens with two attached hydrogens (primary N) is 1. The van der Waals surface area contributed by atoms with Crippen molar-refractivity contribution >= 4 is 18.3 Å². The van der Waals surface area contributed by atoms with Gasteiger partial charge in [-0.3, -0.25) is 4.79 Å². The molecule has 1 aliphatic carbocycles. The van der Waals surface area contributed by atoms with Crippen molar-refractivity contribution < 1.29 is 14.3 Å². The average molecular weight is 291 g/mol. The van der Waals surface area contributed by atoms with Crippen molar-refractivity contribution in [2.24, 2.45) is 17.6 Å². The molecule has 2 N–H and O–H groups in total. The normalized spacial score (nSPS) is 38.5. The van der Waals surface area contributed by atoms with Crippen LogP contribution in [-0.2, 0) is 14.3 Å². The fourth-order valence-corrected chi connectivity index (χ4v) is 3.53. The highest BCUT2D eigenvalue weighted by atomic mass is 35.5. The molecule has 110 valence electrons. The molecule has 3 aliphatic rings. The van der Waals surface area contributed by atoms with Gasteiger partial charge < -0.3 is 20.1 Å². The molecule has 0 radical (unpaired) electrons. The van der Waals surface area contributed by atoms with Gasteiger partial charge in [-0.2, -0.15) is 0 Å². The maximum absolute atomic E-state index is 12.3. The number of carbonyl (C=O) groups is 1. The standard InChI is InChI=1S/C13H22N2O3.ClH/c14-11-3-1-2-9-6-15(7-10(9)11)13(16)12-8-17-4-5-18-12;/h9-12H,1-8,14H2;1H. The minimum atomic E-state index is -0.393. The van der Waals surface area contributed by atoms with E-state index in [-0.39, 0.29) is 24.4 Å². The van der Waals surface area contributed by atoms with Gasteiger partial charge in [-0.25, -0.2) is 0 Å². The Balaban J connectivity index is 0.00000133. The number of likely N-dealkylation sites (tertiary alicyclic amines) is 1. The molecule has 2 heterocycles. The van der Waals surface area contributed by atoms with Gasteiger partial charge in [0, 0.05) is 19.1 Å². The first-order chi connectivity index (χ1) is 8.75. The van der Waals surface area contributed by atoms with Crippen LogP contribution < -0.4 is 5.73 Å². The van der Waals surface area contributed by atoms with E-state index < -0.39 is 6.10 Å². The summed E-state index contributed by atoms with van der Waals surface area (Å²) in [5, 5.41) is 0. The predicted octanol–water partition coefficient (Wildman–Crippen LogP) is 0.409. The molecule has 4 atom stereocenters. The monoisotopic (exact) mass is 290 g/mol. The van der Waals surface area contributed by atoms with Crippen molar-refractivity contribution in [2.45, 2.75) is 31.4 Å². The molecule has 0 spiro atoms. The summed E-state index contributed by atoms with van der Waals surface area (Å²) < 4.78 is 10.8. The summed E-state index contributed by atoms with van der Waals surface area (Å²) >= 11 is 0.